The first kappa shape index (κ1) is 17.9. The summed E-state index contributed by atoms with van der Waals surface area (Å²) in [5.41, 5.74) is 1.17. The molecule has 0 heterocycles. The van der Waals surface area contributed by atoms with Gasteiger partial charge in [-0.15, -0.1) is 26.8 Å². The molecule has 1 aliphatic carbocycles. The predicted molar refractivity (Wildman–Crippen MR) is 97.7 cm³/mol. The number of benzene rings is 1. The zero-order chi connectivity index (χ0) is 14.6. The van der Waals surface area contributed by atoms with Crippen LogP contribution in [0.25, 0.3) is 0 Å². The summed E-state index contributed by atoms with van der Waals surface area (Å²) in [5.74, 6) is -0.0747. The smallest absolute Gasteiger partial charge is 0.309 e. The molecule has 5 atom stereocenters. The lowest BCUT2D eigenvalue weighted by molar-refractivity contribution is -0.142. The quantitative estimate of drug-likeness (QED) is 0.531. The average Bonchev–Trinajstić information content (AvgIpc) is 3.01. The van der Waals surface area contributed by atoms with Crippen molar-refractivity contribution in [1.82, 2.24) is 0 Å². The van der Waals surface area contributed by atoms with Gasteiger partial charge in [-0.3, -0.25) is 4.79 Å². The van der Waals surface area contributed by atoms with Gasteiger partial charge < -0.3 is 4.74 Å². The Labute approximate surface area is 131 Å². The number of carbonyl (C=O) groups excluding carboxylic acids is 1. The van der Waals surface area contributed by atoms with Gasteiger partial charge in [-0.05, 0) is 31.1 Å². The molecular weight excluding hydrogens is 380 g/mol. The highest BCUT2D eigenvalue weighted by Crippen LogP contribution is 2.59. The van der Waals surface area contributed by atoms with E-state index in [0.29, 0.717) is 0 Å². The summed E-state index contributed by atoms with van der Waals surface area (Å²) in [6.45, 7) is 2.24. The van der Waals surface area contributed by atoms with Gasteiger partial charge in [0.2, 0.25) is 0 Å². The van der Waals surface area contributed by atoms with E-state index in [-0.39, 0.29) is 24.3 Å². The molecule has 2 rings (SSSR count). The largest absolute Gasteiger partial charge is 0.469 e. The Morgan fingerprint density at radius 2 is 2.05 bits per heavy atom. The number of ether oxygens (including phenoxy) is 1. The van der Waals surface area contributed by atoms with Crippen LogP contribution in [0.1, 0.15) is 18.9 Å². The van der Waals surface area contributed by atoms with Crippen LogP contribution >= 0.6 is 49.7 Å². The lowest BCUT2D eigenvalue weighted by Crippen LogP contribution is -2.12. The van der Waals surface area contributed by atoms with E-state index in [9.17, 15) is 4.79 Å². The lowest BCUT2D eigenvalue weighted by Gasteiger charge is -2.11. The Balaban J connectivity index is 0.000000399. The van der Waals surface area contributed by atoms with Crippen molar-refractivity contribution in [2.75, 3.05) is 7.11 Å². The maximum atomic E-state index is 11.4. The first-order valence-electron chi connectivity index (χ1n) is 5.69. The van der Waals surface area contributed by atoms with Gasteiger partial charge in [0.1, 0.15) is 0 Å². The minimum atomic E-state index is -0.0996. The van der Waals surface area contributed by atoms with E-state index in [0.717, 1.165) is 10.9 Å². The van der Waals surface area contributed by atoms with Crippen molar-refractivity contribution in [2.24, 2.45) is 5.92 Å². The normalized spacial score (nSPS) is 24.5. The second-order valence-electron chi connectivity index (χ2n) is 4.65. The molecule has 19 heavy (non-hydrogen) atoms. The number of carbonyl (C=O) groups is 1. The van der Waals surface area contributed by atoms with Crippen LogP contribution in [0.2, 0.25) is 0 Å². The fraction of sp³-hybridized carbons (Fsp3) is 0.417. The first-order chi connectivity index (χ1) is 8.81. The number of hydrogen-bond donors (Lipinski definition) is 0. The molecule has 1 fully saturated rings. The molecule has 1 aliphatic rings. The van der Waals surface area contributed by atoms with E-state index in [2.05, 4.69) is 61.8 Å². The summed E-state index contributed by atoms with van der Waals surface area (Å²) in [4.78, 5) is 11.4. The van der Waals surface area contributed by atoms with Crippen molar-refractivity contribution in [1.29, 1.82) is 0 Å². The summed E-state index contributed by atoms with van der Waals surface area (Å²) >= 11 is 3.44. The molecule has 1 aromatic carbocycles. The van der Waals surface area contributed by atoms with Gasteiger partial charge in [-0.1, -0.05) is 35.0 Å². The molecule has 0 amide bonds. The molecule has 0 N–H and O–H groups in total. The van der Waals surface area contributed by atoms with Gasteiger partial charge in [-0.25, -0.2) is 0 Å². The third kappa shape index (κ3) is 5.30. The number of hydrogen-bond acceptors (Lipinski definition) is 2. The maximum Gasteiger partial charge on any atom is 0.309 e. The van der Waals surface area contributed by atoms with E-state index >= 15 is 0 Å². The molecule has 0 saturated heterocycles. The highest BCUT2D eigenvalue weighted by Gasteiger charge is 2.56. The Morgan fingerprint density at radius 3 is 2.53 bits per heavy atom. The van der Waals surface area contributed by atoms with Crippen molar-refractivity contribution in [3.63, 3.8) is 0 Å². The minimum absolute atomic E-state index is 0.0248. The Kier molecular flexibility index (Phi) is 7.34. The second kappa shape index (κ2) is 7.77. The second-order valence-corrected chi connectivity index (χ2v) is 17.2. The summed E-state index contributed by atoms with van der Waals surface area (Å²) in [6, 6.07) is 8.12. The number of rotatable bonds is 2. The fourth-order valence-electron chi connectivity index (χ4n) is 2.01. The summed E-state index contributed by atoms with van der Waals surface area (Å²) in [7, 11) is 9.39. The number of methoxy groups -OCH3 is 1. The van der Waals surface area contributed by atoms with Crippen LogP contribution in [0.5, 0.6) is 0 Å². The fourth-order valence-corrected chi connectivity index (χ4v) is 2.41. The number of halogens is 1. The van der Waals surface area contributed by atoms with E-state index < -0.39 is 0 Å². The summed E-state index contributed by atoms with van der Waals surface area (Å²) in [6.07, 6.45) is 0.885. The van der Waals surface area contributed by atoms with Gasteiger partial charge >= 0.3 is 5.97 Å². The molecule has 0 aliphatic heterocycles. The van der Waals surface area contributed by atoms with Gasteiger partial charge in [0, 0.05) is 9.89 Å². The molecule has 0 aromatic heterocycles. The van der Waals surface area contributed by atoms with Crippen LogP contribution in [0.15, 0.2) is 28.7 Å². The third-order valence-corrected chi connectivity index (χ3v) is 3.70. The first-order valence-corrected chi connectivity index (χ1v) is 12.7. The van der Waals surface area contributed by atoms with Crippen LogP contribution in [0, 0.1) is 5.92 Å². The minimum Gasteiger partial charge on any atom is -0.469 e. The van der Waals surface area contributed by atoms with Crippen molar-refractivity contribution >= 4 is 55.7 Å². The van der Waals surface area contributed by atoms with E-state index in [1.54, 1.807) is 0 Å². The molecule has 7 heteroatoms. The van der Waals surface area contributed by atoms with Gasteiger partial charge in [0.25, 0.3) is 0 Å². The molecule has 1 saturated carbocycles. The molecule has 106 valence electrons. The van der Waals surface area contributed by atoms with Crippen molar-refractivity contribution in [2.45, 2.75) is 18.8 Å². The molecule has 5 unspecified atom stereocenters. The molecule has 1 aromatic rings. The SMILES string of the molecule is COC(=O)C1CC1(C)c1cccc(Br)c1.PP(P)P. The zero-order valence-corrected chi connectivity index (χ0v) is 16.9. The molecule has 0 radical (unpaired) electrons. The summed E-state index contributed by atoms with van der Waals surface area (Å²) < 4.78 is 5.82. The maximum absolute atomic E-state index is 11.4. The summed E-state index contributed by atoms with van der Waals surface area (Å²) in [5, 5.41) is 0. The Hall–Kier alpha value is 0.890. The van der Waals surface area contributed by atoms with Gasteiger partial charge in [0.05, 0.1) is 13.0 Å². The van der Waals surface area contributed by atoms with E-state index in [4.69, 9.17) is 4.74 Å². The Morgan fingerprint density at radius 1 is 1.47 bits per heavy atom. The van der Waals surface area contributed by atoms with Crippen LogP contribution in [0.4, 0.5) is 0 Å². The zero-order valence-electron chi connectivity index (χ0n) is 11.0. The molecule has 2 nitrogen and oxygen atoms in total. The highest BCUT2D eigenvalue weighted by atomic mass is 79.9. The van der Waals surface area contributed by atoms with Crippen molar-refractivity contribution in [3.05, 3.63) is 34.3 Å². The molecular formula is C12H19BrO2P4. The lowest BCUT2D eigenvalue weighted by atomic mass is 9.96. The van der Waals surface area contributed by atoms with Crippen molar-refractivity contribution in [3.8, 4) is 0 Å². The monoisotopic (exact) mass is 398 g/mol. The molecule has 0 bridgehead atoms. The van der Waals surface area contributed by atoms with Crippen LogP contribution in [0.3, 0.4) is 0 Å². The van der Waals surface area contributed by atoms with E-state index in [1.165, 1.54) is 12.7 Å². The topological polar surface area (TPSA) is 26.3 Å². The van der Waals surface area contributed by atoms with Crippen LogP contribution in [-0.4, -0.2) is 13.1 Å². The Bertz CT molecular complexity index is 452. The molecule has 0 spiro atoms. The standard InChI is InChI=1S/C12H13BrO2.H6P4/c1-12(7-10(12)11(14)15-2)8-4-3-5-9(13)6-8;1-4(2)3/h3-6,10H,7H2,1-2H3;1-3H2. The van der Waals surface area contributed by atoms with Crippen molar-refractivity contribution < 1.29 is 9.53 Å². The average molecular weight is 399 g/mol. The predicted octanol–water partition coefficient (Wildman–Crippen LogP) is 4.74. The van der Waals surface area contributed by atoms with Gasteiger partial charge in [0.15, 0.2) is 0 Å². The van der Waals surface area contributed by atoms with E-state index in [1.807, 2.05) is 12.1 Å². The van der Waals surface area contributed by atoms with Gasteiger partial charge in [-0.2, -0.15) is 0 Å². The van der Waals surface area contributed by atoms with Crippen LogP contribution in [-0.2, 0) is 14.9 Å². The third-order valence-electron chi connectivity index (χ3n) is 3.21. The van der Waals surface area contributed by atoms with Crippen LogP contribution < -0.4 is 0 Å². The highest BCUT2D eigenvalue weighted by molar-refractivity contribution is 9.10. The number of esters is 1.